The lowest BCUT2D eigenvalue weighted by Gasteiger charge is -2.25. The number of carboxylic acid groups (broad SMARTS) is 1. The summed E-state index contributed by atoms with van der Waals surface area (Å²) in [6.07, 6.45) is 3.68. The van der Waals surface area contributed by atoms with E-state index in [1.165, 1.54) is 12.5 Å². The van der Waals surface area contributed by atoms with E-state index in [0.717, 1.165) is 0 Å². The molecule has 2 aromatic rings. The summed E-state index contributed by atoms with van der Waals surface area (Å²) in [7, 11) is 0. The number of amides is 4. The maximum Gasteiger partial charge on any atom is 0.326 e. The van der Waals surface area contributed by atoms with E-state index in [9.17, 15) is 29.1 Å². The monoisotopic (exact) mass is 544 g/mol. The van der Waals surface area contributed by atoms with Gasteiger partial charge in [0.1, 0.15) is 18.1 Å². The minimum atomic E-state index is -1.28. The Kier molecular flexibility index (Phi) is 12.6. The van der Waals surface area contributed by atoms with Crippen LogP contribution in [0.15, 0.2) is 42.9 Å². The van der Waals surface area contributed by atoms with Gasteiger partial charge in [-0.25, -0.2) is 9.78 Å². The average Bonchev–Trinajstić information content (AvgIpc) is 3.40. The summed E-state index contributed by atoms with van der Waals surface area (Å²) in [4.78, 5) is 68.8. The molecule has 4 unspecified atom stereocenters. The van der Waals surface area contributed by atoms with Crippen LogP contribution in [0.4, 0.5) is 0 Å². The molecule has 39 heavy (non-hydrogen) atoms. The van der Waals surface area contributed by atoms with Crippen LogP contribution in [-0.2, 0) is 36.8 Å². The Bertz CT molecular complexity index is 1100. The number of primary amides is 1. The second kappa shape index (κ2) is 15.8. The number of nitrogens with one attached hydrogen (secondary N) is 4. The minimum Gasteiger partial charge on any atom is -0.480 e. The molecule has 14 nitrogen and oxygen atoms in total. The molecular weight excluding hydrogens is 508 g/mol. The molecule has 0 radical (unpaired) electrons. The predicted octanol–water partition coefficient (Wildman–Crippen LogP) is -1.93. The number of carbonyl (C=O) groups excluding carboxylic acids is 4. The highest BCUT2D eigenvalue weighted by atomic mass is 16.4. The number of nitrogens with zero attached hydrogens (tertiary/aromatic N) is 1. The lowest BCUT2D eigenvalue weighted by molar-refractivity contribution is -0.142. The predicted molar refractivity (Wildman–Crippen MR) is 141 cm³/mol. The van der Waals surface area contributed by atoms with Crippen molar-refractivity contribution in [2.45, 2.75) is 62.7 Å². The summed E-state index contributed by atoms with van der Waals surface area (Å²) < 4.78 is 0. The van der Waals surface area contributed by atoms with Crippen LogP contribution in [0.3, 0.4) is 0 Å². The van der Waals surface area contributed by atoms with Crippen LogP contribution >= 0.6 is 0 Å². The summed E-state index contributed by atoms with van der Waals surface area (Å²) in [5, 5.41) is 17.3. The van der Waals surface area contributed by atoms with Crippen LogP contribution in [0, 0.1) is 0 Å². The molecule has 0 fully saturated rings. The number of carboxylic acids is 1. The van der Waals surface area contributed by atoms with Gasteiger partial charge in [0.05, 0.1) is 18.8 Å². The van der Waals surface area contributed by atoms with Crippen molar-refractivity contribution < 1.29 is 29.1 Å². The molecule has 1 heterocycles. The quantitative estimate of drug-likeness (QED) is 0.103. The number of carbonyl (C=O) groups is 5. The number of aromatic amines is 1. The van der Waals surface area contributed by atoms with Crippen LogP contribution < -0.4 is 33.2 Å². The van der Waals surface area contributed by atoms with Crippen molar-refractivity contribution >= 4 is 29.6 Å². The number of H-pyrrole nitrogens is 1. The first kappa shape index (κ1) is 30.9. The van der Waals surface area contributed by atoms with Crippen LogP contribution in [0.25, 0.3) is 0 Å². The molecule has 2 rings (SSSR count). The van der Waals surface area contributed by atoms with Gasteiger partial charge in [-0.15, -0.1) is 0 Å². The summed E-state index contributed by atoms with van der Waals surface area (Å²) in [6.45, 7) is 0.365. The molecule has 212 valence electrons. The largest absolute Gasteiger partial charge is 0.480 e. The number of imidazole rings is 1. The zero-order valence-corrected chi connectivity index (χ0v) is 21.5. The van der Waals surface area contributed by atoms with Crippen molar-refractivity contribution in [2.24, 2.45) is 17.2 Å². The Hall–Kier alpha value is -4.30. The van der Waals surface area contributed by atoms with Gasteiger partial charge in [-0.3, -0.25) is 19.2 Å². The lowest BCUT2D eigenvalue weighted by atomic mass is 10.0. The highest BCUT2D eigenvalue weighted by Gasteiger charge is 2.31. The topological polar surface area (TPSA) is 248 Å². The Morgan fingerprint density at radius 3 is 2.13 bits per heavy atom. The normalized spacial score (nSPS) is 13.9. The Labute approximate surface area is 225 Å². The van der Waals surface area contributed by atoms with Crippen molar-refractivity contribution in [3.63, 3.8) is 0 Å². The van der Waals surface area contributed by atoms with Gasteiger partial charge in [-0.2, -0.15) is 0 Å². The van der Waals surface area contributed by atoms with Gasteiger partial charge in [0.2, 0.25) is 23.6 Å². The van der Waals surface area contributed by atoms with Gasteiger partial charge >= 0.3 is 5.97 Å². The van der Waals surface area contributed by atoms with Crippen LogP contribution in [0.5, 0.6) is 0 Å². The van der Waals surface area contributed by atoms with Crippen LogP contribution in [0.2, 0.25) is 0 Å². The standard InChI is InChI=1S/C25H36N8O6/c26-9-5-4-8-18(23(36)33-20(25(38)39)10-15-6-2-1-3-7-15)31-24(37)19(11-16-13-29-14-30-16)32-22(35)17(27)12-21(28)34/h1-3,6-7,13-14,17-20H,4-5,8-12,26-27H2,(H2,28,34)(H,29,30)(H,31,37)(H,32,35)(H,33,36)(H,38,39). The first-order valence-corrected chi connectivity index (χ1v) is 12.5. The first-order valence-electron chi connectivity index (χ1n) is 12.5. The Morgan fingerprint density at radius 1 is 0.897 bits per heavy atom. The molecule has 1 aromatic carbocycles. The van der Waals surface area contributed by atoms with E-state index >= 15 is 0 Å². The first-order chi connectivity index (χ1) is 18.6. The van der Waals surface area contributed by atoms with Crippen molar-refractivity contribution in [1.82, 2.24) is 25.9 Å². The van der Waals surface area contributed by atoms with E-state index < -0.39 is 60.2 Å². The number of rotatable bonds is 17. The maximum atomic E-state index is 13.3. The molecular formula is C25H36N8O6. The van der Waals surface area contributed by atoms with Gasteiger partial charge in [0.15, 0.2) is 0 Å². The maximum absolute atomic E-state index is 13.3. The number of aliphatic carboxylic acids is 1. The molecule has 0 aliphatic carbocycles. The zero-order valence-electron chi connectivity index (χ0n) is 21.5. The third-order valence-corrected chi connectivity index (χ3v) is 5.85. The van der Waals surface area contributed by atoms with Gasteiger partial charge in [0, 0.05) is 24.7 Å². The summed E-state index contributed by atoms with van der Waals surface area (Å²) in [5.41, 5.74) is 17.6. The molecule has 0 aliphatic heterocycles. The highest BCUT2D eigenvalue weighted by molar-refractivity contribution is 5.95. The highest BCUT2D eigenvalue weighted by Crippen LogP contribution is 2.08. The van der Waals surface area contributed by atoms with Crippen LogP contribution in [-0.4, -0.2) is 75.4 Å². The molecule has 0 bridgehead atoms. The molecule has 0 saturated heterocycles. The average molecular weight is 545 g/mol. The summed E-state index contributed by atoms with van der Waals surface area (Å²) >= 11 is 0. The van der Waals surface area contributed by atoms with E-state index in [1.54, 1.807) is 30.3 Å². The van der Waals surface area contributed by atoms with Crippen molar-refractivity contribution in [3.8, 4) is 0 Å². The third kappa shape index (κ3) is 10.9. The molecule has 14 heteroatoms. The number of aromatic nitrogens is 2. The van der Waals surface area contributed by atoms with Crippen LogP contribution in [0.1, 0.15) is 36.9 Å². The van der Waals surface area contributed by atoms with Gasteiger partial charge in [-0.05, 0) is 31.4 Å². The zero-order chi connectivity index (χ0) is 28.8. The molecule has 4 atom stereocenters. The van der Waals surface area contributed by atoms with Gasteiger partial charge in [-0.1, -0.05) is 30.3 Å². The molecule has 1 aromatic heterocycles. The number of unbranched alkanes of at least 4 members (excludes halogenated alkanes) is 1. The second-order valence-electron chi connectivity index (χ2n) is 9.05. The van der Waals surface area contributed by atoms with Crippen molar-refractivity contribution in [1.29, 1.82) is 0 Å². The molecule has 0 spiro atoms. The van der Waals surface area contributed by atoms with E-state index in [0.29, 0.717) is 30.6 Å². The molecule has 0 saturated carbocycles. The summed E-state index contributed by atoms with van der Waals surface area (Å²) in [6, 6.07) is 3.98. The fourth-order valence-electron chi connectivity index (χ4n) is 3.77. The van der Waals surface area contributed by atoms with Gasteiger partial charge in [0.25, 0.3) is 0 Å². The lowest BCUT2D eigenvalue weighted by Crippen LogP contribution is -2.58. The van der Waals surface area contributed by atoms with Gasteiger partial charge < -0.3 is 43.2 Å². The smallest absolute Gasteiger partial charge is 0.326 e. The molecule has 4 amide bonds. The summed E-state index contributed by atoms with van der Waals surface area (Å²) in [5.74, 6) is -4.21. The minimum absolute atomic E-state index is 0.0240. The van der Waals surface area contributed by atoms with Crippen molar-refractivity contribution in [3.05, 3.63) is 54.1 Å². The Balaban J connectivity index is 2.19. The molecule has 11 N–H and O–H groups in total. The van der Waals surface area contributed by atoms with E-state index in [4.69, 9.17) is 17.2 Å². The number of hydrogen-bond acceptors (Lipinski definition) is 8. The Morgan fingerprint density at radius 2 is 1.54 bits per heavy atom. The fraction of sp³-hybridized carbons (Fsp3) is 0.440. The number of benzene rings is 1. The number of hydrogen-bond donors (Lipinski definition) is 8. The number of nitrogens with two attached hydrogens (primary N) is 3. The SMILES string of the molecule is NCCCCC(NC(=O)C(Cc1cnc[nH]1)NC(=O)C(N)CC(N)=O)C(=O)NC(Cc1ccccc1)C(=O)O. The fourth-order valence-corrected chi connectivity index (χ4v) is 3.77. The van der Waals surface area contributed by atoms with Crippen molar-refractivity contribution in [2.75, 3.05) is 6.54 Å². The molecule has 0 aliphatic rings. The van der Waals surface area contributed by atoms with E-state index in [1.807, 2.05) is 0 Å². The van der Waals surface area contributed by atoms with E-state index in [-0.39, 0.29) is 19.3 Å². The van der Waals surface area contributed by atoms with E-state index in [2.05, 4.69) is 25.9 Å². The third-order valence-electron chi connectivity index (χ3n) is 5.85. The second-order valence-corrected chi connectivity index (χ2v) is 9.05.